The van der Waals surface area contributed by atoms with Crippen molar-refractivity contribution in [1.82, 2.24) is 14.3 Å². The number of alkyl halides is 3. The van der Waals surface area contributed by atoms with Crippen LogP contribution in [0.25, 0.3) is 0 Å². The van der Waals surface area contributed by atoms with Crippen molar-refractivity contribution >= 4 is 15.9 Å². The summed E-state index contributed by atoms with van der Waals surface area (Å²) in [5.74, 6) is -1.15. The van der Waals surface area contributed by atoms with Crippen LogP contribution in [0.1, 0.15) is 27.4 Å². The van der Waals surface area contributed by atoms with E-state index >= 15 is 0 Å². The summed E-state index contributed by atoms with van der Waals surface area (Å²) in [7, 11) is -4.02. The van der Waals surface area contributed by atoms with Gasteiger partial charge in [-0.15, -0.1) is 0 Å². The molecule has 7 nitrogen and oxygen atoms in total. The lowest BCUT2D eigenvalue weighted by atomic mass is 10.1. The van der Waals surface area contributed by atoms with Gasteiger partial charge in [-0.25, -0.2) is 18.4 Å². The molecule has 0 unspecified atom stereocenters. The molecule has 1 radical (unpaired) electrons. The number of sulfonamides is 1. The Morgan fingerprint density at radius 1 is 1.23 bits per heavy atom. The highest BCUT2D eigenvalue weighted by atomic mass is 32.2. The van der Waals surface area contributed by atoms with Gasteiger partial charge in [-0.2, -0.15) is 17.5 Å². The van der Waals surface area contributed by atoms with Gasteiger partial charge in [0.25, 0.3) is 5.91 Å². The largest absolute Gasteiger partial charge is 0.416 e. The second-order valence-electron chi connectivity index (χ2n) is 5.56. The Bertz CT molecular complexity index is 959. The molecule has 0 saturated heterocycles. The molecule has 2 heterocycles. The van der Waals surface area contributed by atoms with Gasteiger partial charge in [-0.1, -0.05) is 0 Å². The summed E-state index contributed by atoms with van der Waals surface area (Å²) in [6, 6.07) is 3.25. The summed E-state index contributed by atoms with van der Waals surface area (Å²) < 4.78 is 64.3. The van der Waals surface area contributed by atoms with E-state index in [1.165, 1.54) is 0 Å². The SMILES string of the molecule is NC(=O)c1n[c]c2c(n1)CN(S(=O)(=O)c1ccc(C(F)(F)F)cc1)CC2. The summed E-state index contributed by atoms with van der Waals surface area (Å²) in [6.45, 7) is -0.0654. The van der Waals surface area contributed by atoms with E-state index in [2.05, 4.69) is 16.2 Å². The van der Waals surface area contributed by atoms with Gasteiger partial charge < -0.3 is 5.73 Å². The zero-order chi connectivity index (χ0) is 19.1. The van der Waals surface area contributed by atoms with Crippen molar-refractivity contribution in [3.63, 3.8) is 0 Å². The number of primary amides is 1. The molecule has 0 atom stereocenters. The molecule has 0 saturated carbocycles. The predicted octanol–water partition coefficient (Wildman–Crippen LogP) is 1.14. The molecule has 0 fully saturated rings. The van der Waals surface area contributed by atoms with Crippen molar-refractivity contribution in [2.24, 2.45) is 5.73 Å². The maximum absolute atomic E-state index is 12.7. The Balaban J connectivity index is 1.89. The fraction of sp³-hybridized carbons (Fsp3) is 0.267. The Labute approximate surface area is 146 Å². The van der Waals surface area contributed by atoms with E-state index in [1.54, 1.807) is 0 Å². The van der Waals surface area contributed by atoms with Gasteiger partial charge in [0.15, 0.2) is 0 Å². The number of carbonyl (C=O) groups is 1. The monoisotopic (exact) mass is 385 g/mol. The molecule has 1 amide bonds. The highest BCUT2D eigenvalue weighted by molar-refractivity contribution is 7.89. The van der Waals surface area contributed by atoms with Crippen LogP contribution in [0.5, 0.6) is 0 Å². The van der Waals surface area contributed by atoms with E-state index in [9.17, 15) is 26.4 Å². The third kappa shape index (κ3) is 3.40. The first-order valence-electron chi connectivity index (χ1n) is 7.34. The Morgan fingerprint density at radius 3 is 2.46 bits per heavy atom. The van der Waals surface area contributed by atoms with Crippen molar-refractivity contribution in [2.45, 2.75) is 24.0 Å². The molecule has 1 aromatic carbocycles. The summed E-state index contributed by atoms with van der Waals surface area (Å²) in [5, 5.41) is 0. The number of nitrogens with zero attached hydrogens (tertiary/aromatic N) is 3. The molecule has 1 aliphatic rings. The number of benzene rings is 1. The van der Waals surface area contributed by atoms with Gasteiger partial charge in [0.05, 0.1) is 28.9 Å². The standard InChI is InChI=1S/C15H12F3N4O3S/c16-15(17,18)10-1-3-11(4-2-10)26(24,25)22-6-5-9-7-20-14(13(19)23)21-12(9)8-22/h1-4H,5-6,8H2,(H2,19,23). The average molecular weight is 385 g/mol. The molecule has 0 aliphatic carbocycles. The molecule has 2 N–H and O–H groups in total. The minimum Gasteiger partial charge on any atom is -0.363 e. The van der Waals surface area contributed by atoms with E-state index in [-0.39, 0.29) is 35.9 Å². The van der Waals surface area contributed by atoms with E-state index in [0.29, 0.717) is 17.7 Å². The summed E-state index contributed by atoms with van der Waals surface area (Å²) in [5.41, 5.74) is 5.02. The quantitative estimate of drug-likeness (QED) is 0.853. The van der Waals surface area contributed by atoms with Crippen molar-refractivity contribution in [3.8, 4) is 0 Å². The van der Waals surface area contributed by atoms with Gasteiger partial charge in [-0.05, 0) is 30.7 Å². The molecule has 26 heavy (non-hydrogen) atoms. The van der Waals surface area contributed by atoms with Crippen molar-refractivity contribution < 1.29 is 26.4 Å². The van der Waals surface area contributed by atoms with Crippen LogP contribution in [0.15, 0.2) is 29.2 Å². The van der Waals surface area contributed by atoms with E-state index in [0.717, 1.165) is 16.4 Å². The number of amides is 1. The summed E-state index contributed by atoms with van der Waals surface area (Å²) in [4.78, 5) is 18.5. The highest BCUT2D eigenvalue weighted by Gasteiger charge is 2.33. The Hall–Kier alpha value is -2.53. The first kappa shape index (κ1) is 18.3. The third-order valence-corrected chi connectivity index (χ3v) is 5.72. The number of hydrogen-bond donors (Lipinski definition) is 1. The van der Waals surface area contributed by atoms with Gasteiger partial charge in [0.2, 0.25) is 15.8 Å². The second-order valence-corrected chi connectivity index (χ2v) is 7.50. The maximum Gasteiger partial charge on any atom is 0.416 e. The lowest BCUT2D eigenvalue weighted by molar-refractivity contribution is -0.137. The Morgan fingerprint density at radius 2 is 1.88 bits per heavy atom. The molecule has 1 aliphatic heterocycles. The van der Waals surface area contributed by atoms with Crippen molar-refractivity contribution in [2.75, 3.05) is 6.54 Å². The van der Waals surface area contributed by atoms with Crippen molar-refractivity contribution in [3.05, 3.63) is 53.1 Å². The smallest absolute Gasteiger partial charge is 0.363 e. The molecule has 11 heteroatoms. The number of carbonyl (C=O) groups excluding carboxylic acids is 1. The van der Waals surface area contributed by atoms with Crippen LogP contribution in [0.4, 0.5) is 13.2 Å². The van der Waals surface area contributed by atoms with Gasteiger partial charge in [-0.3, -0.25) is 4.79 Å². The highest BCUT2D eigenvalue weighted by Crippen LogP contribution is 2.31. The minimum atomic E-state index is -4.55. The molecule has 3 rings (SSSR count). The first-order valence-corrected chi connectivity index (χ1v) is 8.78. The van der Waals surface area contributed by atoms with Crippen molar-refractivity contribution in [1.29, 1.82) is 0 Å². The molecular weight excluding hydrogens is 373 g/mol. The fourth-order valence-corrected chi connectivity index (χ4v) is 3.90. The van der Waals surface area contributed by atoms with Gasteiger partial charge in [0, 0.05) is 12.1 Å². The van der Waals surface area contributed by atoms with E-state index in [4.69, 9.17) is 5.73 Å². The topological polar surface area (TPSA) is 106 Å². The number of halogens is 3. The van der Waals surface area contributed by atoms with Crippen LogP contribution >= 0.6 is 0 Å². The molecule has 2 aromatic rings. The van der Waals surface area contributed by atoms with Crippen LogP contribution in [0, 0.1) is 6.20 Å². The zero-order valence-electron chi connectivity index (χ0n) is 13.1. The summed E-state index contributed by atoms with van der Waals surface area (Å²) in [6.07, 6.45) is -1.68. The zero-order valence-corrected chi connectivity index (χ0v) is 13.9. The van der Waals surface area contributed by atoms with Gasteiger partial charge >= 0.3 is 6.18 Å². The Kier molecular flexibility index (Phi) is 4.44. The fourth-order valence-electron chi connectivity index (χ4n) is 2.50. The third-order valence-electron chi connectivity index (χ3n) is 3.86. The number of nitrogens with two attached hydrogens (primary N) is 1. The number of aromatic nitrogens is 2. The maximum atomic E-state index is 12.7. The first-order chi connectivity index (χ1) is 12.1. The lowest BCUT2D eigenvalue weighted by Gasteiger charge is -2.27. The number of fused-ring (bicyclic) bond motifs is 1. The molecule has 137 valence electrons. The normalized spacial score (nSPS) is 15.5. The predicted molar refractivity (Wildman–Crippen MR) is 82.1 cm³/mol. The van der Waals surface area contributed by atoms with Crippen LogP contribution in [0.3, 0.4) is 0 Å². The average Bonchev–Trinajstić information content (AvgIpc) is 2.60. The molecule has 1 aromatic heterocycles. The number of hydrogen-bond acceptors (Lipinski definition) is 5. The minimum absolute atomic E-state index is 0.0894. The van der Waals surface area contributed by atoms with Crippen LogP contribution in [-0.2, 0) is 29.2 Å². The second kappa shape index (κ2) is 6.32. The van der Waals surface area contributed by atoms with Crippen LogP contribution < -0.4 is 5.73 Å². The summed E-state index contributed by atoms with van der Waals surface area (Å²) >= 11 is 0. The van der Waals surface area contributed by atoms with Crippen LogP contribution in [0.2, 0.25) is 0 Å². The van der Waals surface area contributed by atoms with Crippen LogP contribution in [-0.4, -0.2) is 35.1 Å². The molecule has 0 spiro atoms. The molecular formula is C15H12F3N4O3S. The molecule has 0 bridgehead atoms. The lowest BCUT2D eigenvalue weighted by Crippen LogP contribution is -2.37. The van der Waals surface area contributed by atoms with E-state index in [1.807, 2.05) is 0 Å². The van der Waals surface area contributed by atoms with E-state index < -0.39 is 27.7 Å². The number of rotatable bonds is 3. The van der Waals surface area contributed by atoms with Gasteiger partial charge in [0.1, 0.15) is 0 Å².